The van der Waals surface area contributed by atoms with Crippen molar-refractivity contribution in [2.75, 3.05) is 42.7 Å². The Labute approximate surface area is 205 Å². The van der Waals surface area contributed by atoms with Crippen molar-refractivity contribution in [3.8, 4) is 0 Å². The lowest BCUT2D eigenvalue weighted by molar-refractivity contribution is 0.123. The van der Waals surface area contributed by atoms with Crippen molar-refractivity contribution in [3.05, 3.63) is 71.8 Å². The van der Waals surface area contributed by atoms with Crippen LogP contribution in [-0.2, 0) is 39.4 Å². The first-order valence-corrected chi connectivity index (χ1v) is 15.8. The molecule has 2 aromatic rings. The maximum absolute atomic E-state index is 5.78. The monoisotopic (exact) mass is 510 g/mol. The van der Waals surface area contributed by atoms with E-state index in [1.165, 1.54) is 11.1 Å². The molecule has 33 heavy (non-hydrogen) atoms. The fourth-order valence-electron chi connectivity index (χ4n) is 3.92. The molecule has 0 radical (unpaired) electrons. The SMILES string of the molecule is CO[Si](CC(Cc1ccccc1)SC(Cc1ccccc1)C[Si](OC)(OC)OC)(OC)OC. The third kappa shape index (κ3) is 8.61. The van der Waals surface area contributed by atoms with Gasteiger partial charge in [0.1, 0.15) is 0 Å². The van der Waals surface area contributed by atoms with Crippen LogP contribution in [0.4, 0.5) is 0 Å². The van der Waals surface area contributed by atoms with Crippen LogP contribution < -0.4 is 0 Å². The molecule has 0 aliphatic heterocycles. The molecule has 0 aromatic heterocycles. The van der Waals surface area contributed by atoms with Gasteiger partial charge in [-0.3, -0.25) is 0 Å². The predicted molar refractivity (Wildman–Crippen MR) is 139 cm³/mol. The summed E-state index contributed by atoms with van der Waals surface area (Å²) < 4.78 is 34.7. The average molecular weight is 511 g/mol. The summed E-state index contributed by atoms with van der Waals surface area (Å²) in [4.78, 5) is 0. The molecule has 184 valence electrons. The Balaban J connectivity index is 2.34. The number of hydrogen-bond acceptors (Lipinski definition) is 7. The van der Waals surface area contributed by atoms with Gasteiger partial charge < -0.3 is 26.6 Å². The van der Waals surface area contributed by atoms with Gasteiger partial charge in [0.05, 0.1) is 0 Å². The Morgan fingerprint density at radius 1 is 0.545 bits per heavy atom. The van der Waals surface area contributed by atoms with E-state index in [1.54, 1.807) is 42.7 Å². The zero-order valence-corrected chi connectivity index (χ0v) is 23.4. The average Bonchev–Trinajstić information content (AvgIpc) is 2.87. The maximum atomic E-state index is 5.78. The lowest BCUT2D eigenvalue weighted by Crippen LogP contribution is -2.47. The molecule has 9 heteroatoms. The van der Waals surface area contributed by atoms with Gasteiger partial charge in [-0.25, -0.2) is 0 Å². The van der Waals surface area contributed by atoms with Gasteiger partial charge in [0.15, 0.2) is 0 Å². The topological polar surface area (TPSA) is 55.4 Å². The lowest BCUT2D eigenvalue weighted by atomic mass is 10.1. The number of rotatable bonds is 16. The van der Waals surface area contributed by atoms with Crippen LogP contribution in [0.5, 0.6) is 0 Å². The van der Waals surface area contributed by atoms with E-state index >= 15 is 0 Å². The summed E-state index contributed by atoms with van der Waals surface area (Å²) in [6.45, 7) is 0. The second kappa shape index (κ2) is 14.4. The Kier molecular flexibility index (Phi) is 12.3. The first-order chi connectivity index (χ1) is 16.0. The molecule has 0 saturated carbocycles. The summed E-state index contributed by atoms with van der Waals surface area (Å²) in [5.41, 5.74) is 2.54. The molecule has 0 N–H and O–H groups in total. The smallest absolute Gasteiger partial charge is 0.377 e. The first kappa shape index (κ1) is 28.2. The van der Waals surface area contributed by atoms with Crippen LogP contribution in [0.1, 0.15) is 11.1 Å². The van der Waals surface area contributed by atoms with E-state index in [1.807, 2.05) is 23.9 Å². The van der Waals surface area contributed by atoms with Crippen LogP contribution in [0, 0.1) is 0 Å². The third-order valence-corrected chi connectivity index (χ3v) is 13.6. The molecule has 0 aliphatic carbocycles. The summed E-state index contributed by atoms with van der Waals surface area (Å²) in [5.74, 6) is 0. The van der Waals surface area contributed by atoms with Crippen molar-refractivity contribution in [2.45, 2.75) is 35.4 Å². The Morgan fingerprint density at radius 2 is 0.848 bits per heavy atom. The molecular formula is C24H38O6SSi2. The van der Waals surface area contributed by atoms with Crippen LogP contribution in [0.25, 0.3) is 0 Å². The Morgan fingerprint density at radius 3 is 1.12 bits per heavy atom. The molecule has 0 heterocycles. The molecule has 2 rings (SSSR count). The van der Waals surface area contributed by atoms with E-state index < -0.39 is 17.6 Å². The molecule has 0 amide bonds. The molecule has 2 atom stereocenters. The van der Waals surface area contributed by atoms with Gasteiger partial charge >= 0.3 is 17.6 Å². The summed E-state index contributed by atoms with van der Waals surface area (Å²) in [5, 5.41) is 0.426. The largest absolute Gasteiger partial charge is 0.501 e. The molecule has 0 bridgehead atoms. The van der Waals surface area contributed by atoms with Crippen molar-refractivity contribution in [3.63, 3.8) is 0 Å². The first-order valence-electron chi connectivity index (χ1n) is 11.0. The summed E-state index contributed by atoms with van der Waals surface area (Å²) in [7, 11) is 4.46. The van der Waals surface area contributed by atoms with Crippen molar-refractivity contribution in [2.24, 2.45) is 0 Å². The highest BCUT2D eigenvalue weighted by molar-refractivity contribution is 8.00. The highest BCUT2D eigenvalue weighted by Gasteiger charge is 2.44. The van der Waals surface area contributed by atoms with Gasteiger partial charge in [0.25, 0.3) is 0 Å². The molecule has 0 spiro atoms. The second-order valence-electron chi connectivity index (χ2n) is 7.76. The van der Waals surface area contributed by atoms with Gasteiger partial charge in [-0.1, -0.05) is 60.7 Å². The number of hydrogen-bond donors (Lipinski definition) is 0. The van der Waals surface area contributed by atoms with Crippen molar-refractivity contribution in [1.82, 2.24) is 0 Å². The molecule has 0 saturated heterocycles. The van der Waals surface area contributed by atoms with E-state index in [2.05, 4.69) is 48.5 Å². The molecule has 0 aliphatic rings. The minimum atomic E-state index is -2.78. The van der Waals surface area contributed by atoms with Crippen LogP contribution in [0.3, 0.4) is 0 Å². The van der Waals surface area contributed by atoms with Gasteiger partial charge in [-0.05, 0) is 24.0 Å². The van der Waals surface area contributed by atoms with E-state index in [-0.39, 0.29) is 10.5 Å². The molecule has 6 nitrogen and oxygen atoms in total. The van der Waals surface area contributed by atoms with Crippen LogP contribution in [0.2, 0.25) is 12.1 Å². The number of thioether (sulfide) groups is 1. The Bertz CT molecular complexity index is 693. The lowest BCUT2D eigenvalue weighted by Gasteiger charge is -2.33. The highest BCUT2D eigenvalue weighted by atomic mass is 32.2. The van der Waals surface area contributed by atoms with Gasteiger partial charge in [-0.2, -0.15) is 11.8 Å². The van der Waals surface area contributed by atoms with Gasteiger partial charge in [0.2, 0.25) is 0 Å². The van der Waals surface area contributed by atoms with Crippen LogP contribution in [0.15, 0.2) is 60.7 Å². The van der Waals surface area contributed by atoms with Crippen molar-refractivity contribution >= 4 is 29.4 Å². The fraction of sp³-hybridized carbons (Fsp3) is 0.500. The van der Waals surface area contributed by atoms with E-state index in [4.69, 9.17) is 26.6 Å². The van der Waals surface area contributed by atoms with Crippen LogP contribution in [-0.4, -0.2) is 70.8 Å². The summed E-state index contributed by atoms with van der Waals surface area (Å²) in [6, 6.07) is 22.4. The Hall–Kier alpha value is -1.02. The molecule has 2 unspecified atom stereocenters. The third-order valence-electron chi connectivity index (χ3n) is 5.82. The minimum Gasteiger partial charge on any atom is -0.377 e. The van der Waals surface area contributed by atoms with Crippen molar-refractivity contribution < 1.29 is 26.6 Å². The number of benzene rings is 2. The molecule has 0 fully saturated rings. The predicted octanol–water partition coefficient (Wildman–Crippen LogP) is 4.70. The summed E-state index contributed by atoms with van der Waals surface area (Å²) >= 11 is 1.91. The minimum absolute atomic E-state index is 0.213. The maximum Gasteiger partial charge on any atom is 0.501 e. The van der Waals surface area contributed by atoms with Gasteiger partial charge in [-0.15, -0.1) is 0 Å². The van der Waals surface area contributed by atoms with E-state index in [0.29, 0.717) is 12.1 Å². The van der Waals surface area contributed by atoms with Crippen LogP contribution >= 0.6 is 11.8 Å². The quantitative estimate of drug-likeness (QED) is 0.303. The summed E-state index contributed by atoms with van der Waals surface area (Å²) in [6.07, 6.45) is 1.76. The standard InChI is InChI=1S/C24H38O6SSi2/c1-25-32(26-2,27-3)19-23(17-21-13-9-7-10-14-21)31-24(18-22-15-11-8-12-16-22)20-33(28-4,29-5)30-6/h7-16,23-24H,17-20H2,1-6H3. The zero-order valence-electron chi connectivity index (χ0n) is 20.6. The van der Waals surface area contributed by atoms with Gasteiger partial charge in [0, 0.05) is 65.2 Å². The normalized spacial score (nSPS) is 14.2. The van der Waals surface area contributed by atoms with Crippen molar-refractivity contribution in [1.29, 1.82) is 0 Å². The van der Waals surface area contributed by atoms with E-state index in [0.717, 1.165) is 12.8 Å². The molecular weight excluding hydrogens is 472 g/mol. The second-order valence-corrected chi connectivity index (χ2v) is 15.4. The fourth-order valence-corrected chi connectivity index (χ4v) is 10.4. The zero-order chi connectivity index (χ0) is 24.2. The highest BCUT2D eigenvalue weighted by Crippen LogP contribution is 2.35. The van der Waals surface area contributed by atoms with E-state index in [9.17, 15) is 0 Å². The molecule has 2 aromatic carbocycles.